The van der Waals surface area contributed by atoms with Crippen LogP contribution in [0.1, 0.15) is 5.56 Å². The van der Waals surface area contributed by atoms with E-state index < -0.39 is 6.10 Å². The minimum Gasteiger partial charge on any atom is -0.390 e. The lowest BCUT2D eigenvalue weighted by atomic mass is 10.1. The largest absolute Gasteiger partial charge is 0.390 e. The Morgan fingerprint density at radius 2 is 1.93 bits per heavy atom. The monoisotopic (exact) mass is 412 g/mol. The highest BCUT2D eigenvalue weighted by atomic mass is 19.1. The van der Waals surface area contributed by atoms with Crippen LogP contribution in [0.25, 0.3) is 0 Å². The number of fused-ring (bicyclic) bond motifs is 1. The van der Waals surface area contributed by atoms with Gasteiger partial charge in [-0.2, -0.15) is 0 Å². The van der Waals surface area contributed by atoms with Gasteiger partial charge >= 0.3 is 0 Å². The van der Waals surface area contributed by atoms with E-state index in [0.717, 1.165) is 5.56 Å². The van der Waals surface area contributed by atoms with E-state index in [-0.39, 0.29) is 36.8 Å². The molecule has 1 fully saturated rings. The van der Waals surface area contributed by atoms with Crippen LogP contribution in [0.3, 0.4) is 0 Å². The third-order valence-electron chi connectivity index (χ3n) is 5.68. The number of amides is 2. The second-order valence-electron chi connectivity index (χ2n) is 7.92. The minimum atomic E-state index is -0.597. The first-order valence-electron chi connectivity index (χ1n) is 9.95. The number of hydrogen-bond donors (Lipinski definition) is 2. The lowest BCUT2D eigenvalue weighted by Crippen LogP contribution is -2.46. The van der Waals surface area contributed by atoms with E-state index in [1.54, 1.807) is 18.2 Å². The van der Waals surface area contributed by atoms with Crippen molar-refractivity contribution in [1.29, 1.82) is 0 Å². The van der Waals surface area contributed by atoms with Gasteiger partial charge < -0.3 is 10.4 Å². The highest BCUT2D eigenvalue weighted by Gasteiger charge is 2.36. The number of likely N-dealkylation sites (N-methyl/N-ethyl adjacent to an activating group) is 1. The summed E-state index contributed by atoms with van der Waals surface area (Å²) in [7, 11) is 1.91. The van der Waals surface area contributed by atoms with Crippen LogP contribution >= 0.6 is 0 Å². The van der Waals surface area contributed by atoms with Gasteiger partial charge in [-0.3, -0.25) is 24.3 Å². The number of rotatable bonds is 5. The molecule has 2 N–H and O–H groups in total. The van der Waals surface area contributed by atoms with Gasteiger partial charge in [0.15, 0.2) is 0 Å². The van der Waals surface area contributed by atoms with E-state index in [1.807, 2.05) is 35.0 Å². The molecule has 0 aliphatic carbocycles. The molecule has 1 saturated heterocycles. The first-order valence-corrected chi connectivity index (χ1v) is 9.95. The third kappa shape index (κ3) is 4.35. The van der Waals surface area contributed by atoms with Gasteiger partial charge in [0.2, 0.25) is 11.8 Å². The molecule has 0 radical (unpaired) electrons. The zero-order valence-corrected chi connectivity index (χ0v) is 16.8. The van der Waals surface area contributed by atoms with Crippen LogP contribution in [0.4, 0.5) is 15.8 Å². The average molecular weight is 412 g/mol. The molecule has 2 atom stereocenters. The zero-order chi connectivity index (χ0) is 21.3. The van der Waals surface area contributed by atoms with E-state index in [4.69, 9.17) is 0 Å². The molecule has 0 saturated carbocycles. The van der Waals surface area contributed by atoms with Gasteiger partial charge in [0.25, 0.3) is 0 Å². The first-order chi connectivity index (χ1) is 14.4. The van der Waals surface area contributed by atoms with Crippen LogP contribution < -0.4 is 10.2 Å². The predicted octanol–water partition coefficient (Wildman–Crippen LogP) is 1.29. The molecule has 2 aliphatic rings. The number of aliphatic hydroxyl groups is 1. The van der Waals surface area contributed by atoms with E-state index in [9.17, 15) is 19.1 Å². The Labute approximate surface area is 174 Å². The number of β-amino-alcohol motifs (C(OH)–C–C–N with tert-alkyl or cyclic N) is 1. The maximum absolute atomic E-state index is 13.1. The standard InChI is InChI=1S/C22H25FN4O3/c1-25(10-15-6-8-16(23)9-7-15)19-11-26(12-20(19)28)14-22(30)27-13-21(29)24-17-4-2-3-5-18(17)27/h2-9,19-20,28H,10-14H2,1H3,(H,24,29)/t19-,20-/m0/s1. The van der Waals surface area contributed by atoms with Crippen LogP contribution in [-0.2, 0) is 16.1 Å². The van der Waals surface area contributed by atoms with Gasteiger partial charge in [-0.05, 0) is 36.9 Å². The topological polar surface area (TPSA) is 76.1 Å². The minimum absolute atomic E-state index is 0.0138. The number of para-hydroxylation sites is 2. The number of anilines is 2. The van der Waals surface area contributed by atoms with Crippen molar-refractivity contribution in [2.45, 2.75) is 18.7 Å². The van der Waals surface area contributed by atoms with E-state index in [2.05, 4.69) is 5.32 Å². The summed E-state index contributed by atoms with van der Waals surface area (Å²) in [5.41, 5.74) is 2.27. The first kappa shape index (κ1) is 20.5. The molecule has 2 aliphatic heterocycles. The smallest absolute Gasteiger partial charge is 0.244 e. The fourth-order valence-corrected chi connectivity index (χ4v) is 4.14. The molecule has 2 amide bonds. The van der Waals surface area contributed by atoms with E-state index in [0.29, 0.717) is 31.0 Å². The molecule has 30 heavy (non-hydrogen) atoms. The molecule has 2 aromatic carbocycles. The van der Waals surface area contributed by atoms with Crippen molar-refractivity contribution < 1.29 is 19.1 Å². The van der Waals surface area contributed by atoms with Crippen LogP contribution in [0, 0.1) is 5.82 Å². The molecule has 0 spiro atoms. The maximum Gasteiger partial charge on any atom is 0.244 e. The predicted molar refractivity (Wildman–Crippen MR) is 112 cm³/mol. The summed E-state index contributed by atoms with van der Waals surface area (Å²) in [5.74, 6) is -0.674. The summed E-state index contributed by atoms with van der Waals surface area (Å²) < 4.78 is 13.1. The Bertz CT molecular complexity index is 936. The summed E-state index contributed by atoms with van der Waals surface area (Å²) in [6.07, 6.45) is -0.597. The molecule has 0 bridgehead atoms. The summed E-state index contributed by atoms with van der Waals surface area (Å²) in [5, 5.41) is 13.3. The Morgan fingerprint density at radius 3 is 2.70 bits per heavy atom. The number of likely N-dealkylation sites (tertiary alicyclic amines) is 1. The van der Waals surface area contributed by atoms with Crippen molar-refractivity contribution >= 4 is 23.2 Å². The molecule has 2 heterocycles. The number of nitrogens with one attached hydrogen (secondary N) is 1. The second kappa shape index (κ2) is 8.51. The lowest BCUT2D eigenvalue weighted by Gasteiger charge is -2.30. The SMILES string of the molecule is CN(Cc1ccc(F)cc1)[C@H]1CN(CC(=O)N2CC(=O)Nc3ccccc32)C[C@@H]1O. The number of carbonyl (C=O) groups is 2. The number of hydrogen-bond acceptors (Lipinski definition) is 5. The average Bonchev–Trinajstić information content (AvgIpc) is 3.09. The molecule has 0 unspecified atom stereocenters. The highest BCUT2D eigenvalue weighted by Crippen LogP contribution is 2.29. The van der Waals surface area contributed by atoms with Gasteiger partial charge in [0, 0.05) is 25.7 Å². The molecular formula is C22H25FN4O3. The van der Waals surface area contributed by atoms with Crippen LogP contribution in [-0.4, -0.2) is 72.1 Å². The van der Waals surface area contributed by atoms with Crippen molar-refractivity contribution in [3.05, 3.63) is 59.9 Å². The van der Waals surface area contributed by atoms with Crippen molar-refractivity contribution in [1.82, 2.24) is 9.80 Å². The van der Waals surface area contributed by atoms with E-state index >= 15 is 0 Å². The van der Waals surface area contributed by atoms with Gasteiger partial charge in [-0.25, -0.2) is 4.39 Å². The molecular weight excluding hydrogens is 387 g/mol. The Hall–Kier alpha value is -2.81. The molecule has 0 aromatic heterocycles. The molecule has 7 nitrogen and oxygen atoms in total. The fraction of sp³-hybridized carbons (Fsp3) is 0.364. The Balaban J connectivity index is 1.38. The molecule has 8 heteroatoms. The van der Waals surface area contributed by atoms with Crippen molar-refractivity contribution in [2.24, 2.45) is 0 Å². The van der Waals surface area contributed by atoms with Crippen LogP contribution in [0.5, 0.6) is 0 Å². The lowest BCUT2D eigenvalue weighted by molar-refractivity contribution is -0.122. The number of aliphatic hydroxyl groups excluding tert-OH is 1. The summed E-state index contributed by atoms with van der Waals surface area (Å²) in [4.78, 5) is 30.3. The summed E-state index contributed by atoms with van der Waals surface area (Å²) in [6, 6.07) is 13.4. The second-order valence-corrected chi connectivity index (χ2v) is 7.92. The normalized spacial score (nSPS) is 21.6. The Kier molecular flexibility index (Phi) is 5.80. The third-order valence-corrected chi connectivity index (χ3v) is 5.68. The fourth-order valence-electron chi connectivity index (χ4n) is 4.14. The Morgan fingerprint density at radius 1 is 1.20 bits per heavy atom. The number of carbonyl (C=O) groups excluding carboxylic acids is 2. The van der Waals surface area contributed by atoms with Gasteiger partial charge in [-0.1, -0.05) is 24.3 Å². The zero-order valence-electron chi connectivity index (χ0n) is 16.8. The van der Waals surface area contributed by atoms with Crippen molar-refractivity contribution in [2.75, 3.05) is 43.4 Å². The van der Waals surface area contributed by atoms with Crippen LogP contribution in [0.2, 0.25) is 0 Å². The summed E-state index contributed by atoms with van der Waals surface area (Å²) >= 11 is 0. The summed E-state index contributed by atoms with van der Waals surface area (Å²) in [6.45, 7) is 1.60. The van der Waals surface area contributed by atoms with Crippen molar-refractivity contribution in [3.63, 3.8) is 0 Å². The van der Waals surface area contributed by atoms with Gasteiger partial charge in [0.1, 0.15) is 12.4 Å². The van der Waals surface area contributed by atoms with E-state index in [1.165, 1.54) is 17.0 Å². The number of benzene rings is 2. The quantitative estimate of drug-likeness (QED) is 0.774. The number of nitrogens with zero attached hydrogens (tertiary/aromatic N) is 3. The molecule has 158 valence electrons. The van der Waals surface area contributed by atoms with Crippen LogP contribution in [0.15, 0.2) is 48.5 Å². The number of halogens is 1. The molecule has 4 rings (SSSR count). The maximum atomic E-state index is 13.1. The van der Waals surface area contributed by atoms with Gasteiger partial charge in [-0.15, -0.1) is 0 Å². The highest BCUT2D eigenvalue weighted by molar-refractivity contribution is 6.10. The molecule has 2 aromatic rings. The van der Waals surface area contributed by atoms with Crippen molar-refractivity contribution in [3.8, 4) is 0 Å². The van der Waals surface area contributed by atoms with Gasteiger partial charge in [0.05, 0.1) is 24.0 Å².